The quantitative estimate of drug-likeness (QED) is 0.868. The van der Waals surface area contributed by atoms with Gasteiger partial charge in [0.1, 0.15) is 0 Å². The van der Waals surface area contributed by atoms with E-state index in [0.717, 1.165) is 22.6 Å². The standard InChI is InChI=1S/C18H14F2N2O3/c1-10-2-4-12-13(8-10)18(25)22(17(12)24)7-6-16(23)21-11-3-5-14(19)15(20)9-11/h2-5,8-9H,6-7H2,1H3,(H,21,23). The number of hydrogen-bond acceptors (Lipinski definition) is 3. The third-order valence-electron chi connectivity index (χ3n) is 3.89. The molecule has 2 aromatic carbocycles. The normalized spacial score (nSPS) is 13.2. The molecular weight excluding hydrogens is 330 g/mol. The van der Waals surface area contributed by atoms with Crippen LogP contribution < -0.4 is 5.32 Å². The lowest BCUT2D eigenvalue weighted by Gasteiger charge is -2.13. The molecule has 25 heavy (non-hydrogen) atoms. The van der Waals surface area contributed by atoms with Crippen molar-refractivity contribution in [1.29, 1.82) is 0 Å². The molecule has 0 unspecified atom stereocenters. The predicted molar refractivity (Wildman–Crippen MR) is 86.2 cm³/mol. The number of imide groups is 1. The van der Waals surface area contributed by atoms with Crippen molar-refractivity contribution in [2.45, 2.75) is 13.3 Å². The fraction of sp³-hybridized carbons (Fsp3) is 0.167. The SMILES string of the molecule is Cc1ccc2c(c1)C(=O)N(CCC(=O)Nc1ccc(F)c(F)c1)C2=O. The Balaban J connectivity index is 1.64. The summed E-state index contributed by atoms with van der Waals surface area (Å²) < 4.78 is 26.0. The molecule has 0 radical (unpaired) electrons. The molecular formula is C18H14F2N2O3. The van der Waals surface area contributed by atoms with Crippen molar-refractivity contribution < 1.29 is 23.2 Å². The Morgan fingerprint density at radius 1 is 1.00 bits per heavy atom. The van der Waals surface area contributed by atoms with Crippen molar-refractivity contribution in [1.82, 2.24) is 4.90 Å². The average molecular weight is 344 g/mol. The highest BCUT2D eigenvalue weighted by molar-refractivity contribution is 6.21. The zero-order valence-electron chi connectivity index (χ0n) is 13.3. The first kappa shape index (κ1) is 16.8. The molecule has 1 aliphatic heterocycles. The molecule has 0 spiro atoms. The minimum atomic E-state index is -1.08. The Morgan fingerprint density at radius 2 is 1.72 bits per heavy atom. The van der Waals surface area contributed by atoms with Gasteiger partial charge in [0.2, 0.25) is 5.91 Å². The van der Waals surface area contributed by atoms with E-state index in [0.29, 0.717) is 11.1 Å². The van der Waals surface area contributed by atoms with Gasteiger partial charge in [-0.15, -0.1) is 0 Å². The number of nitrogens with zero attached hydrogens (tertiary/aromatic N) is 1. The van der Waals surface area contributed by atoms with Crippen LogP contribution in [0.5, 0.6) is 0 Å². The monoisotopic (exact) mass is 344 g/mol. The number of nitrogens with one attached hydrogen (secondary N) is 1. The van der Waals surface area contributed by atoms with Crippen LogP contribution in [0.2, 0.25) is 0 Å². The highest BCUT2D eigenvalue weighted by Gasteiger charge is 2.35. The van der Waals surface area contributed by atoms with E-state index in [2.05, 4.69) is 5.32 Å². The lowest BCUT2D eigenvalue weighted by atomic mass is 10.1. The number of carbonyl (C=O) groups is 3. The molecule has 0 atom stereocenters. The van der Waals surface area contributed by atoms with Gasteiger partial charge in [-0.25, -0.2) is 8.78 Å². The number of rotatable bonds is 4. The van der Waals surface area contributed by atoms with E-state index in [1.165, 1.54) is 6.07 Å². The van der Waals surface area contributed by atoms with E-state index in [4.69, 9.17) is 0 Å². The summed E-state index contributed by atoms with van der Waals surface area (Å²) in [5.41, 5.74) is 1.60. The molecule has 3 rings (SSSR count). The zero-order valence-corrected chi connectivity index (χ0v) is 13.3. The second-order valence-corrected chi connectivity index (χ2v) is 5.74. The Labute approximate surface area is 142 Å². The maximum atomic E-state index is 13.1. The number of amides is 3. The molecule has 1 aliphatic rings. The van der Waals surface area contributed by atoms with Crippen LogP contribution in [0.1, 0.15) is 32.7 Å². The maximum absolute atomic E-state index is 13.1. The van der Waals surface area contributed by atoms with Crippen LogP contribution in [0.25, 0.3) is 0 Å². The number of carbonyl (C=O) groups excluding carboxylic acids is 3. The predicted octanol–water partition coefficient (Wildman–Crippen LogP) is 2.90. The number of fused-ring (bicyclic) bond motifs is 1. The molecule has 3 amide bonds. The van der Waals surface area contributed by atoms with Gasteiger partial charge in [-0.3, -0.25) is 19.3 Å². The lowest BCUT2D eigenvalue weighted by Crippen LogP contribution is -2.32. The van der Waals surface area contributed by atoms with Crippen LogP contribution >= 0.6 is 0 Å². The molecule has 2 aromatic rings. The molecule has 0 aromatic heterocycles. The van der Waals surface area contributed by atoms with Crippen molar-refractivity contribution in [3.05, 3.63) is 64.7 Å². The molecule has 7 heteroatoms. The van der Waals surface area contributed by atoms with E-state index in [9.17, 15) is 23.2 Å². The smallest absolute Gasteiger partial charge is 0.261 e. The van der Waals surface area contributed by atoms with Crippen LogP contribution in [0.3, 0.4) is 0 Å². The molecule has 128 valence electrons. The Bertz CT molecular complexity index is 896. The van der Waals surface area contributed by atoms with Crippen LogP contribution in [-0.2, 0) is 4.79 Å². The summed E-state index contributed by atoms with van der Waals surface area (Å²) in [5, 5.41) is 2.40. The fourth-order valence-electron chi connectivity index (χ4n) is 2.62. The molecule has 0 fully saturated rings. The molecule has 1 N–H and O–H groups in total. The van der Waals surface area contributed by atoms with Crippen molar-refractivity contribution in [3.8, 4) is 0 Å². The fourth-order valence-corrected chi connectivity index (χ4v) is 2.62. The second kappa shape index (κ2) is 6.43. The first-order valence-electron chi connectivity index (χ1n) is 7.58. The first-order chi connectivity index (χ1) is 11.9. The van der Waals surface area contributed by atoms with Crippen LogP contribution in [-0.4, -0.2) is 29.2 Å². The van der Waals surface area contributed by atoms with Gasteiger partial charge < -0.3 is 5.32 Å². The average Bonchev–Trinajstić information content (AvgIpc) is 2.80. The highest BCUT2D eigenvalue weighted by atomic mass is 19.2. The van der Waals surface area contributed by atoms with E-state index in [-0.39, 0.29) is 18.7 Å². The Hall–Kier alpha value is -3.09. The first-order valence-corrected chi connectivity index (χ1v) is 7.58. The summed E-state index contributed by atoms with van der Waals surface area (Å²) >= 11 is 0. The number of aryl methyl sites for hydroxylation is 1. The van der Waals surface area contributed by atoms with Gasteiger partial charge in [0, 0.05) is 24.7 Å². The molecule has 0 saturated carbocycles. The third-order valence-corrected chi connectivity index (χ3v) is 3.89. The van der Waals surface area contributed by atoms with Gasteiger partial charge >= 0.3 is 0 Å². The number of halogens is 2. The minimum absolute atomic E-state index is 0.0963. The molecule has 5 nitrogen and oxygen atoms in total. The van der Waals surface area contributed by atoms with E-state index >= 15 is 0 Å². The molecule has 0 aliphatic carbocycles. The summed E-state index contributed by atoms with van der Waals surface area (Å²) in [4.78, 5) is 37.5. The topological polar surface area (TPSA) is 66.5 Å². The highest BCUT2D eigenvalue weighted by Crippen LogP contribution is 2.24. The van der Waals surface area contributed by atoms with E-state index in [1.54, 1.807) is 18.2 Å². The van der Waals surface area contributed by atoms with Crippen molar-refractivity contribution >= 4 is 23.4 Å². The summed E-state index contributed by atoms with van der Waals surface area (Å²) in [5.74, 6) is -3.49. The number of anilines is 1. The van der Waals surface area contributed by atoms with Crippen LogP contribution in [0.15, 0.2) is 36.4 Å². The second-order valence-electron chi connectivity index (χ2n) is 5.74. The van der Waals surface area contributed by atoms with Gasteiger partial charge in [-0.05, 0) is 31.2 Å². The Morgan fingerprint density at radius 3 is 2.44 bits per heavy atom. The van der Waals surface area contributed by atoms with Crippen LogP contribution in [0.4, 0.5) is 14.5 Å². The van der Waals surface area contributed by atoms with Crippen LogP contribution in [0, 0.1) is 18.6 Å². The Kier molecular flexibility index (Phi) is 4.31. The largest absolute Gasteiger partial charge is 0.326 e. The van der Waals surface area contributed by atoms with Gasteiger partial charge in [0.05, 0.1) is 11.1 Å². The third kappa shape index (κ3) is 3.26. The maximum Gasteiger partial charge on any atom is 0.261 e. The van der Waals surface area contributed by atoms with Gasteiger partial charge in [0.25, 0.3) is 11.8 Å². The van der Waals surface area contributed by atoms with Gasteiger partial charge in [-0.2, -0.15) is 0 Å². The number of hydrogen-bond donors (Lipinski definition) is 1. The summed E-state index contributed by atoms with van der Waals surface area (Å²) in [6.07, 6.45) is -0.149. The van der Waals surface area contributed by atoms with Gasteiger partial charge in [0.15, 0.2) is 11.6 Å². The summed E-state index contributed by atoms with van der Waals surface area (Å²) in [6, 6.07) is 7.95. The molecule has 0 bridgehead atoms. The van der Waals surface area contributed by atoms with Crippen molar-refractivity contribution in [3.63, 3.8) is 0 Å². The molecule has 1 heterocycles. The lowest BCUT2D eigenvalue weighted by molar-refractivity contribution is -0.116. The van der Waals surface area contributed by atoms with Crippen molar-refractivity contribution in [2.75, 3.05) is 11.9 Å². The minimum Gasteiger partial charge on any atom is -0.326 e. The number of benzene rings is 2. The van der Waals surface area contributed by atoms with E-state index in [1.807, 2.05) is 6.92 Å². The van der Waals surface area contributed by atoms with Gasteiger partial charge in [-0.1, -0.05) is 11.6 Å². The van der Waals surface area contributed by atoms with Crippen molar-refractivity contribution in [2.24, 2.45) is 0 Å². The summed E-state index contributed by atoms with van der Waals surface area (Å²) in [7, 11) is 0. The zero-order chi connectivity index (χ0) is 18.1. The van der Waals surface area contributed by atoms with E-state index < -0.39 is 29.4 Å². The summed E-state index contributed by atoms with van der Waals surface area (Å²) in [6.45, 7) is 1.72. The molecule has 0 saturated heterocycles.